The Hall–Kier alpha value is -1.96. The van der Waals surface area contributed by atoms with Crippen LogP contribution in [0, 0.1) is 0 Å². The van der Waals surface area contributed by atoms with Gasteiger partial charge in [-0.15, -0.1) is 0 Å². The quantitative estimate of drug-likeness (QED) is 0.216. The Morgan fingerprint density at radius 3 is 1.74 bits per heavy atom. The Morgan fingerprint density at radius 1 is 0.667 bits per heavy atom. The van der Waals surface area contributed by atoms with Crippen LogP contribution in [0.3, 0.4) is 0 Å². The number of Topliss-reactive ketones (excluding diaryl/α,β-unsaturated/α-hetero) is 1. The molecular formula is C19H32O8. The van der Waals surface area contributed by atoms with Gasteiger partial charge < -0.3 is 19.3 Å². The molecule has 0 heterocycles. The van der Waals surface area contributed by atoms with Crippen LogP contribution in [0.5, 0.6) is 0 Å². The standard InChI is InChI=1S/C19H32O8/c1-2-3-4-5-6-7-8-9-17(21)26-14-12-25-13-15-27-18(22)11-10-16(20)19(23)24/h2-15H2,1H3,(H,23,24). The molecule has 0 aliphatic rings. The van der Waals surface area contributed by atoms with Gasteiger partial charge in [-0.05, 0) is 6.42 Å². The molecular weight excluding hydrogens is 356 g/mol. The highest BCUT2D eigenvalue weighted by Crippen LogP contribution is 2.08. The van der Waals surface area contributed by atoms with Gasteiger partial charge >= 0.3 is 17.9 Å². The number of carbonyl (C=O) groups excluding carboxylic acids is 3. The zero-order valence-corrected chi connectivity index (χ0v) is 16.2. The third-order valence-electron chi connectivity index (χ3n) is 3.76. The molecule has 0 aromatic carbocycles. The van der Waals surface area contributed by atoms with Gasteiger partial charge in [0.1, 0.15) is 13.2 Å². The fourth-order valence-corrected chi connectivity index (χ4v) is 2.22. The zero-order valence-electron chi connectivity index (χ0n) is 16.2. The van der Waals surface area contributed by atoms with Gasteiger partial charge in [0.25, 0.3) is 0 Å². The smallest absolute Gasteiger partial charge is 0.372 e. The minimum atomic E-state index is -1.56. The molecule has 0 aromatic rings. The number of carbonyl (C=O) groups is 4. The minimum Gasteiger partial charge on any atom is -0.476 e. The number of rotatable bonds is 18. The van der Waals surface area contributed by atoms with Gasteiger partial charge in [0.05, 0.1) is 19.6 Å². The molecule has 27 heavy (non-hydrogen) atoms. The first-order chi connectivity index (χ1) is 13.0. The summed E-state index contributed by atoms with van der Waals surface area (Å²) in [4.78, 5) is 43.9. The monoisotopic (exact) mass is 388 g/mol. The van der Waals surface area contributed by atoms with Crippen molar-refractivity contribution in [1.29, 1.82) is 0 Å². The molecule has 0 radical (unpaired) electrons. The molecule has 0 bridgehead atoms. The first-order valence-electron chi connectivity index (χ1n) is 9.62. The van der Waals surface area contributed by atoms with Crippen molar-refractivity contribution in [3.05, 3.63) is 0 Å². The van der Waals surface area contributed by atoms with E-state index in [1.54, 1.807) is 0 Å². The largest absolute Gasteiger partial charge is 0.476 e. The molecule has 0 spiro atoms. The number of aliphatic carboxylic acids is 1. The van der Waals surface area contributed by atoms with Crippen molar-refractivity contribution in [2.24, 2.45) is 0 Å². The van der Waals surface area contributed by atoms with E-state index in [2.05, 4.69) is 6.92 Å². The lowest BCUT2D eigenvalue weighted by Gasteiger charge is -2.07. The number of ether oxygens (including phenoxy) is 3. The number of carboxylic acids is 1. The topological polar surface area (TPSA) is 116 Å². The number of esters is 2. The Labute approximate surface area is 160 Å². The van der Waals surface area contributed by atoms with Gasteiger partial charge in [-0.3, -0.25) is 14.4 Å². The van der Waals surface area contributed by atoms with Crippen LogP contribution in [-0.4, -0.2) is 55.2 Å². The zero-order chi connectivity index (χ0) is 20.3. The Bertz CT molecular complexity index is 447. The van der Waals surface area contributed by atoms with Crippen molar-refractivity contribution < 1.29 is 38.5 Å². The Morgan fingerprint density at radius 2 is 1.19 bits per heavy atom. The van der Waals surface area contributed by atoms with Crippen molar-refractivity contribution in [2.75, 3.05) is 26.4 Å². The fourth-order valence-electron chi connectivity index (χ4n) is 2.22. The van der Waals surface area contributed by atoms with E-state index in [-0.39, 0.29) is 45.2 Å². The van der Waals surface area contributed by atoms with Crippen molar-refractivity contribution >= 4 is 23.7 Å². The summed E-state index contributed by atoms with van der Waals surface area (Å²) >= 11 is 0. The third kappa shape index (κ3) is 17.2. The lowest BCUT2D eigenvalue weighted by molar-refractivity contribution is -0.151. The second-order valence-electron chi connectivity index (χ2n) is 6.15. The molecule has 8 nitrogen and oxygen atoms in total. The lowest BCUT2D eigenvalue weighted by atomic mass is 10.1. The van der Waals surface area contributed by atoms with E-state index in [4.69, 9.17) is 19.3 Å². The predicted octanol–water partition coefficient (Wildman–Crippen LogP) is 2.66. The fraction of sp³-hybridized carbons (Fsp3) is 0.789. The first-order valence-corrected chi connectivity index (χ1v) is 9.62. The van der Waals surface area contributed by atoms with Crippen LogP contribution >= 0.6 is 0 Å². The van der Waals surface area contributed by atoms with Crippen LogP contribution in [0.2, 0.25) is 0 Å². The van der Waals surface area contributed by atoms with E-state index < -0.39 is 17.7 Å². The van der Waals surface area contributed by atoms with E-state index >= 15 is 0 Å². The van der Waals surface area contributed by atoms with Gasteiger partial charge in [0.15, 0.2) is 0 Å². The highest BCUT2D eigenvalue weighted by molar-refractivity contribution is 6.32. The summed E-state index contributed by atoms with van der Waals surface area (Å²) in [5.74, 6) is -3.48. The molecule has 8 heteroatoms. The summed E-state index contributed by atoms with van der Waals surface area (Å²) in [5.41, 5.74) is 0. The van der Waals surface area contributed by atoms with Crippen molar-refractivity contribution in [3.8, 4) is 0 Å². The molecule has 0 saturated heterocycles. The number of ketones is 1. The van der Waals surface area contributed by atoms with E-state index in [1.807, 2.05) is 0 Å². The Balaban J connectivity index is 3.38. The van der Waals surface area contributed by atoms with Crippen molar-refractivity contribution in [1.82, 2.24) is 0 Å². The van der Waals surface area contributed by atoms with Crippen molar-refractivity contribution in [2.45, 2.75) is 71.1 Å². The lowest BCUT2D eigenvalue weighted by Crippen LogP contribution is -2.17. The second kappa shape index (κ2) is 17.5. The average Bonchev–Trinajstić information content (AvgIpc) is 2.64. The minimum absolute atomic E-state index is 0.00786. The summed E-state index contributed by atoms with van der Waals surface area (Å²) in [6, 6.07) is 0. The van der Waals surface area contributed by atoms with E-state index in [0.29, 0.717) is 6.42 Å². The summed E-state index contributed by atoms with van der Waals surface area (Å²) in [7, 11) is 0. The highest BCUT2D eigenvalue weighted by Gasteiger charge is 2.14. The van der Waals surface area contributed by atoms with E-state index in [0.717, 1.165) is 19.3 Å². The summed E-state index contributed by atoms with van der Waals surface area (Å²) < 4.78 is 15.0. The number of hydrogen-bond acceptors (Lipinski definition) is 7. The first kappa shape index (κ1) is 25.0. The molecule has 0 aliphatic carbocycles. The molecule has 0 saturated carbocycles. The molecule has 0 amide bonds. The number of carboxylic acid groups (broad SMARTS) is 1. The SMILES string of the molecule is CCCCCCCCCC(=O)OCCOCCOC(=O)CCC(=O)C(=O)O. The average molecular weight is 388 g/mol. The van der Waals surface area contributed by atoms with Gasteiger partial charge in [-0.2, -0.15) is 0 Å². The predicted molar refractivity (Wildman–Crippen MR) is 97.2 cm³/mol. The van der Waals surface area contributed by atoms with Crippen LogP contribution in [0.25, 0.3) is 0 Å². The van der Waals surface area contributed by atoms with Crippen LogP contribution in [-0.2, 0) is 33.4 Å². The molecule has 0 atom stereocenters. The van der Waals surface area contributed by atoms with Crippen LogP contribution in [0.1, 0.15) is 71.1 Å². The van der Waals surface area contributed by atoms with Gasteiger partial charge in [-0.1, -0.05) is 45.4 Å². The molecule has 0 aliphatic heterocycles. The van der Waals surface area contributed by atoms with Gasteiger partial charge in [0, 0.05) is 12.8 Å². The molecule has 156 valence electrons. The molecule has 0 aromatic heterocycles. The molecule has 1 N–H and O–H groups in total. The van der Waals surface area contributed by atoms with Gasteiger partial charge in [0.2, 0.25) is 5.78 Å². The van der Waals surface area contributed by atoms with Crippen LogP contribution in [0.4, 0.5) is 0 Å². The van der Waals surface area contributed by atoms with Gasteiger partial charge in [-0.25, -0.2) is 4.79 Å². The number of hydrogen-bond donors (Lipinski definition) is 1. The maximum absolute atomic E-state index is 11.5. The maximum Gasteiger partial charge on any atom is 0.372 e. The third-order valence-corrected chi connectivity index (χ3v) is 3.76. The van der Waals surface area contributed by atoms with Crippen molar-refractivity contribution in [3.63, 3.8) is 0 Å². The number of unbranched alkanes of at least 4 members (excludes halogenated alkanes) is 6. The summed E-state index contributed by atoms with van der Waals surface area (Å²) in [6.45, 7) is 2.66. The molecule has 0 fully saturated rings. The Kier molecular flexibility index (Phi) is 16.2. The maximum atomic E-state index is 11.5. The summed E-state index contributed by atoms with van der Waals surface area (Å²) in [6.07, 6.45) is 7.76. The van der Waals surface area contributed by atoms with E-state index in [9.17, 15) is 19.2 Å². The van der Waals surface area contributed by atoms with Crippen LogP contribution < -0.4 is 0 Å². The molecule has 0 unspecified atom stereocenters. The molecule has 0 rings (SSSR count). The highest BCUT2D eigenvalue weighted by atomic mass is 16.6. The second-order valence-corrected chi connectivity index (χ2v) is 6.15. The normalized spacial score (nSPS) is 10.4. The summed E-state index contributed by atoms with van der Waals surface area (Å²) in [5, 5.41) is 8.37. The van der Waals surface area contributed by atoms with E-state index in [1.165, 1.54) is 25.7 Å². The van der Waals surface area contributed by atoms with Crippen LogP contribution in [0.15, 0.2) is 0 Å².